The number of carbonyl (C=O) groups is 3. The highest BCUT2D eigenvalue weighted by Crippen LogP contribution is 2.60. The number of benzene rings is 2. The molecule has 0 saturated carbocycles. The van der Waals surface area contributed by atoms with Gasteiger partial charge in [-0.05, 0) is 37.0 Å². The number of ether oxygens (including phenoxy) is 1. The van der Waals surface area contributed by atoms with Gasteiger partial charge in [-0.3, -0.25) is 14.4 Å². The van der Waals surface area contributed by atoms with Gasteiger partial charge < -0.3 is 24.7 Å². The van der Waals surface area contributed by atoms with Crippen molar-refractivity contribution in [1.29, 1.82) is 0 Å². The SMILES string of the molecule is C=CCN(C(=O)[C@@H]1N([C@@H](CO)Cc2ccccc2)C(=O)[C@H]2[C@H](C(=O)O)[C@H]3O[C@@]12CC3Br)c1c(C)cccc1Cl. The zero-order valence-electron chi connectivity index (χ0n) is 21.4. The van der Waals surface area contributed by atoms with Gasteiger partial charge >= 0.3 is 5.97 Å². The fraction of sp³-hybridized carbons (Fsp3) is 0.414. The topological polar surface area (TPSA) is 107 Å². The van der Waals surface area contributed by atoms with Crippen LogP contribution in [-0.4, -0.2) is 74.7 Å². The van der Waals surface area contributed by atoms with Crippen LogP contribution >= 0.6 is 27.5 Å². The van der Waals surface area contributed by atoms with Gasteiger partial charge in [0.1, 0.15) is 11.6 Å². The molecule has 0 aromatic heterocycles. The number of aliphatic carboxylic acids is 1. The third-order valence-corrected chi connectivity index (χ3v) is 9.35. The number of carboxylic acid groups (broad SMARTS) is 1. The van der Waals surface area contributed by atoms with Crippen LogP contribution in [-0.2, 0) is 25.5 Å². The molecule has 2 amide bonds. The number of likely N-dealkylation sites (tertiary alicyclic amines) is 1. The summed E-state index contributed by atoms with van der Waals surface area (Å²) < 4.78 is 6.40. The first kappa shape index (κ1) is 27.8. The highest BCUT2D eigenvalue weighted by atomic mass is 79.9. The van der Waals surface area contributed by atoms with Crippen molar-refractivity contribution in [2.24, 2.45) is 11.8 Å². The van der Waals surface area contributed by atoms with Crippen LogP contribution in [0.2, 0.25) is 5.02 Å². The summed E-state index contributed by atoms with van der Waals surface area (Å²) >= 11 is 10.1. The van der Waals surface area contributed by atoms with E-state index in [2.05, 4.69) is 22.5 Å². The fourth-order valence-corrected chi connectivity index (χ4v) is 7.96. The van der Waals surface area contributed by atoms with E-state index < -0.39 is 60.0 Å². The van der Waals surface area contributed by atoms with E-state index in [4.69, 9.17) is 16.3 Å². The predicted molar refractivity (Wildman–Crippen MR) is 150 cm³/mol. The molecule has 10 heteroatoms. The first-order valence-corrected chi connectivity index (χ1v) is 14.1. The lowest BCUT2D eigenvalue weighted by Crippen LogP contribution is -2.59. The number of halogens is 2. The van der Waals surface area contributed by atoms with Gasteiger partial charge in [0, 0.05) is 11.4 Å². The van der Waals surface area contributed by atoms with Gasteiger partial charge in [-0.2, -0.15) is 0 Å². The second-order valence-electron chi connectivity index (χ2n) is 10.4. The first-order valence-electron chi connectivity index (χ1n) is 12.8. The molecule has 39 heavy (non-hydrogen) atoms. The van der Waals surface area contributed by atoms with E-state index in [1.54, 1.807) is 18.2 Å². The Morgan fingerprint density at radius 1 is 1.28 bits per heavy atom. The second-order valence-corrected chi connectivity index (χ2v) is 12.0. The number of hydrogen-bond acceptors (Lipinski definition) is 5. The largest absolute Gasteiger partial charge is 0.481 e. The number of fused-ring (bicyclic) bond motifs is 1. The summed E-state index contributed by atoms with van der Waals surface area (Å²) in [5.74, 6) is -4.29. The molecule has 2 aromatic carbocycles. The molecular weight excluding hydrogens is 588 g/mol. The van der Waals surface area contributed by atoms with Crippen molar-refractivity contribution in [2.75, 3.05) is 18.1 Å². The Labute approximate surface area is 240 Å². The Hall–Kier alpha value is -2.72. The lowest BCUT2D eigenvalue weighted by Gasteiger charge is -2.40. The quantitative estimate of drug-likeness (QED) is 0.329. The highest BCUT2D eigenvalue weighted by molar-refractivity contribution is 9.09. The maximum absolute atomic E-state index is 14.7. The van der Waals surface area contributed by atoms with Crippen molar-refractivity contribution in [3.8, 4) is 0 Å². The number of carbonyl (C=O) groups excluding carboxylic acids is 2. The van der Waals surface area contributed by atoms with Crippen LogP contribution in [0.4, 0.5) is 5.69 Å². The molecule has 7 atom stereocenters. The monoisotopic (exact) mass is 616 g/mol. The van der Waals surface area contributed by atoms with Gasteiger partial charge in [-0.25, -0.2) is 0 Å². The van der Waals surface area contributed by atoms with Gasteiger partial charge in [0.15, 0.2) is 0 Å². The summed E-state index contributed by atoms with van der Waals surface area (Å²) in [6.07, 6.45) is 1.37. The van der Waals surface area contributed by atoms with Gasteiger partial charge in [0.2, 0.25) is 5.91 Å². The van der Waals surface area contributed by atoms with Crippen molar-refractivity contribution in [3.05, 3.63) is 77.3 Å². The molecule has 2 bridgehead atoms. The summed E-state index contributed by atoms with van der Waals surface area (Å²) in [6.45, 7) is 5.34. The van der Waals surface area contributed by atoms with Crippen LogP contribution in [0.5, 0.6) is 0 Å². The minimum atomic E-state index is -1.38. The maximum Gasteiger partial charge on any atom is 0.310 e. The van der Waals surface area contributed by atoms with Crippen molar-refractivity contribution in [2.45, 2.75) is 48.4 Å². The molecule has 8 nitrogen and oxygen atoms in total. The lowest BCUT2D eigenvalue weighted by molar-refractivity contribution is -0.150. The summed E-state index contributed by atoms with van der Waals surface area (Å²) in [5.41, 5.74) is 0.726. The molecule has 3 aliphatic heterocycles. The van der Waals surface area contributed by atoms with Crippen LogP contribution in [0.25, 0.3) is 0 Å². The van der Waals surface area contributed by atoms with E-state index >= 15 is 0 Å². The van der Waals surface area contributed by atoms with E-state index in [9.17, 15) is 24.6 Å². The van der Waals surface area contributed by atoms with Gasteiger partial charge in [0.05, 0.1) is 41.3 Å². The standard InChI is InChI=1S/C29H30BrClN2O6/c1-3-12-32(23-16(2)8-7-11-20(23)31)27(36)25-29-14-19(30)24(39-29)21(28(37)38)22(29)26(35)33(25)18(15-34)13-17-9-5-4-6-10-17/h3-11,18-19,21-22,24-25,34H,1,12-15H2,2H3,(H,37,38)/t18-,19?,21+,22-,24+,25+,29-/m1/s1. The van der Waals surface area contributed by atoms with Crippen molar-refractivity contribution in [3.63, 3.8) is 0 Å². The van der Waals surface area contributed by atoms with E-state index in [0.717, 1.165) is 11.1 Å². The Balaban J connectivity index is 1.66. The zero-order valence-corrected chi connectivity index (χ0v) is 23.7. The van der Waals surface area contributed by atoms with E-state index in [1.807, 2.05) is 43.3 Å². The summed E-state index contributed by atoms with van der Waals surface area (Å²) in [4.78, 5) is 43.8. The van der Waals surface area contributed by atoms with Crippen LogP contribution in [0, 0.1) is 18.8 Å². The molecule has 1 unspecified atom stereocenters. The van der Waals surface area contributed by atoms with Gasteiger partial charge in [-0.15, -0.1) is 6.58 Å². The third-order valence-electron chi connectivity index (χ3n) is 8.20. The van der Waals surface area contributed by atoms with Crippen LogP contribution < -0.4 is 4.90 Å². The van der Waals surface area contributed by atoms with Crippen molar-refractivity contribution >= 4 is 51.0 Å². The predicted octanol–water partition coefficient (Wildman–Crippen LogP) is 3.60. The maximum atomic E-state index is 14.7. The average Bonchev–Trinajstić information content (AvgIpc) is 3.50. The number of carboxylic acids is 1. The number of rotatable bonds is 9. The Morgan fingerprint density at radius 2 is 2.00 bits per heavy atom. The summed E-state index contributed by atoms with van der Waals surface area (Å²) in [7, 11) is 0. The number of aliphatic hydroxyl groups is 1. The van der Waals surface area contributed by atoms with E-state index in [0.29, 0.717) is 10.7 Å². The number of para-hydroxylation sites is 1. The van der Waals surface area contributed by atoms with E-state index in [-0.39, 0.29) is 24.2 Å². The normalized spacial score (nSPS) is 29.8. The Morgan fingerprint density at radius 3 is 2.62 bits per heavy atom. The molecule has 0 radical (unpaired) electrons. The minimum Gasteiger partial charge on any atom is -0.481 e. The Bertz CT molecular complexity index is 1290. The molecule has 1 spiro atoms. The molecular formula is C29H30BrClN2O6. The molecule has 5 rings (SSSR count). The fourth-order valence-electron chi connectivity index (χ4n) is 6.69. The number of hydrogen-bond donors (Lipinski definition) is 2. The summed E-state index contributed by atoms with van der Waals surface area (Å²) in [5, 5.41) is 21.1. The van der Waals surface area contributed by atoms with Crippen LogP contribution in [0.1, 0.15) is 17.5 Å². The molecule has 3 heterocycles. The number of alkyl halides is 1. The van der Waals surface area contributed by atoms with Gasteiger partial charge in [0.25, 0.3) is 5.91 Å². The van der Waals surface area contributed by atoms with Crippen LogP contribution in [0.3, 0.4) is 0 Å². The number of nitrogens with zero attached hydrogens (tertiary/aromatic N) is 2. The van der Waals surface area contributed by atoms with Crippen molar-refractivity contribution in [1.82, 2.24) is 4.90 Å². The van der Waals surface area contributed by atoms with Crippen molar-refractivity contribution < 1.29 is 29.3 Å². The number of aryl methyl sites for hydroxylation is 1. The molecule has 3 fully saturated rings. The molecule has 2 aromatic rings. The molecule has 3 aliphatic rings. The number of aliphatic hydroxyl groups excluding tert-OH is 1. The molecule has 0 aliphatic carbocycles. The number of anilines is 1. The second kappa shape index (κ2) is 10.7. The zero-order chi connectivity index (χ0) is 28.1. The van der Waals surface area contributed by atoms with E-state index in [1.165, 1.54) is 9.80 Å². The summed E-state index contributed by atoms with van der Waals surface area (Å²) in [6, 6.07) is 12.7. The van der Waals surface area contributed by atoms with Gasteiger partial charge in [-0.1, -0.05) is 76.1 Å². The molecule has 3 saturated heterocycles. The minimum absolute atomic E-state index is 0.106. The lowest BCUT2D eigenvalue weighted by atomic mass is 9.70. The molecule has 2 N–H and O–H groups in total. The average molecular weight is 618 g/mol. The number of amides is 2. The highest BCUT2D eigenvalue weighted by Gasteiger charge is 2.77. The first-order chi connectivity index (χ1) is 18.7. The Kier molecular flexibility index (Phi) is 7.63. The third kappa shape index (κ3) is 4.40. The van der Waals surface area contributed by atoms with Crippen LogP contribution in [0.15, 0.2) is 61.2 Å². The smallest absolute Gasteiger partial charge is 0.310 e. The molecule has 206 valence electrons.